The van der Waals surface area contributed by atoms with Gasteiger partial charge < -0.3 is 10.6 Å². The number of benzene rings is 1. The zero-order valence-electron chi connectivity index (χ0n) is 8.76. The highest BCUT2D eigenvalue weighted by atomic mass is 16.1. The van der Waals surface area contributed by atoms with Crippen LogP contribution in [-0.2, 0) is 5.41 Å². The van der Waals surface area contributed by atoms with Crippen molar-refractivity contribution in [2.24, 2.45) is 0 Å². The first-order valence-electron chi connectivity index (χ1n) is 5.36. The number of hydrogen-bond acceptors (Lipinski definition) is 2. The fourth-order valence-electron chi connectivity index (χ4n) is 2.40. The molecule has 3 nitrogen and oxygen atoms in total. The van der Waals surface area contributed by atoms with Gasteiger partial charge in [-0.15, -0.1) is 0 Å². The molecule has 0 aromatic heterocycles. The molecule has 15 heavy (non-hydrogen) atoms. The second-order valence-electron chi connectivity index (χ2n) is 4.47. The molecule has 0 atom stereocenters. The predicted molar refractivity (Wildman–Crippen MR) is 59.2 cm³/mol. The second kappa shape index (κ2) is 2.75. The van der Waals surface area contributed by atoms with Crippen molar-refractivity contribution >= 4 is 11.6 Å². The maximum atomic E-state index is 11.5. The third-order valence-corrected chi connectivity index (χ3v) is 3.55. The lowest BCUT2D eigenvalue weighted by Crippen LogP contribution is -2.17. The molecule has 0 radical (unpaired) electrons. The number of rotatable bonds is 1. The van der Waals surface area contributed by atoms with Gasteiger partial charge in [0.2, 0.25) is 0 Å². The van der Waals surface area contributed by atoms with Gasteiger partial charge in [0.1, 0.15) is 0 Å². The highest BCUT2D eigenvalue weighted by molar-refractivity contribution is 5.95. The van der Waals surface area contributed by atoms with Crippen LogP contribution >= 0.6 is 0 Å². The molecule has 3 heteroatoms. The van der Waals surface area contributed by atoms with Gasteiger partial charge in [0.25, 0.3) is 5.91 Å². The average Bonchev–Trinajstić information content (AvgIpc) is 2.96. The Morgan fingerprint density at radius 1 is 1.47 bits per heavy atom. The van der Waals surface area contributed by atoms with Gasteiger partial charge in [-0.25, -0.2) is 0 Å². The lowest BCUT2D eigenvalue weighted by molar-refractivity contribution is 0.0963. The topological polar surface area (TPSA) is 41.1 Å². The molecule has 1 aliphatic carbocycles. The van der Waals surface area contributed by atoms with Crippen LogP contribution < -0.4 is 10.6 Å². The van der Waals surface area contributed by atoms with E-state index >= 15 is 0 Å². The molecule has 1 spiro atoms. The van der Waals surface area contributed by atoms with E-state index in [1.165, 1.54) is 18.4 Å². The van der Waals surface area contributed by atoms with Crippen LogP contribution in [0.2, 0.25) is 0 Å². The van der Waals surface area contributed by atoms with Gasteiger partial charge in [-0.2, -0.15) is 0 Å². The van der Waals surface area contributed by atoms with Crippen LogP contribution in [0.25, 0.3) is 0 Å². The van der Waals surface area contributed by atoms with E-state index in [2.05, 4.69) is 16.7 Å². The molecule has 78 valence electrons. The molecule has 1 amide bonds. The van der Waals surface area contributed by atoms with Crippen molar-refractivity contribution in [1.82, 2.24) is 5.32 Å². The molecule has 0 unspecified atom stereocenters. The van der Waals surface area contributed by atoms with E-state index < -0.39 is 0 Å². The number of carbonyl (C=O) groups is 1. The maximum Gasteiger partial charge on any atom is 0.251 e. The van der Waals surface area contributed by atoms with Gasteiger partial charge in [0.15, 0.2) is 0 Å². The van der Waals surface area contributed by atoms with Crippen LogP contribution in [0, 0.1) is 0 Å². The average molecular weight is 202 g/mol. The van der Waals surface area contributed by atoms with Gasteiger partial charge in [-0.1, -0.05) is 6.07 Å². The fraction of sp³-hybridized carbons (Fsp3) is 0.417. The van der Waals surface area contributed by atoms with Crippen LogP contribution in [0.15, 0.2) is 18.2 Å². The summed E-state index contributed by atoms with van der Waals surface area (Å²) in [6.45, 7) is 1.04. The molecule has 1 heterocycles. The summed E-state index contributed by atoms with van der Waals surface area (Å²) in [7, 11) is 1.66. The summed E-state index contributed by atoms with van der Waals surface area (Å²) >= 11 is 0. The first kappa shape index (κ1) is 8.77. The summed E-state index contributed by atoms with van der Waals surface area (Å²) < 4.78 is 0. The molecule has 0 bridgehead atoms. The Morgan fingerprint density at radius 2 is 2.27 bits per heavy atom. The Kier molecular flexibility index (Phi) is 1.61. The Bertz CT molecular complexity index is 435. The molecule has 1 aromatic rings. The van der Waals surface area contributed by atoms with Crippen LogP contribution in [0.3, 0.4) is 0 Å². The van der Waals surface area contributed by atoms with Crippen molar-refractivity contribution in [2.45, 2.75) is 18.3 Å². The summed E-state index contributed by atoms with van der Waals surface area (Å²) in [6.07, 6.45) is 2.57. The molecule has 3 rings (SSSR count). The van der Waals surface area contributed by atoms with Crippen LogP contribution in [-0.4, -0.2) is 19.5 Å². The zero-order valence-corrected chi connectivity index (χ0v) is 8.76. The number of hydrogen-bond donors (Lipinski definition) is 2. The van der Waals surface area contributed by atoms with Gasteiger partial charge in [0.05, 0.1) is 0 Å². The second-order valence-corrected chi connectivity index (χ2v) is 4.47. The van der Waals surface area contributed by atoms with E-state index in [9.17, 15) is 4.79 Å². The number of amides is 1. The van der Waals surface area contributed by atoms with Crippen molar-refractivity contribution in [2.75, 3.05) is 18.9 Å². The third-order valence-electron chi connectivity index (χ3n) is 3.55. The van der Waals surface area contributed by atoms with E-state index in [0.29, 0.717) is 5.41 Å². The van der Waals surface area contributed by atoms with Crippen molar-refractivity contribution in [3.63, 3.8) is 0 Å². The molecule has 2 aliphatic rings. The highest BCUT2D eigenvalue weighted by Gasteiger charge is 2.48. The maximum absolute atomic E-state index is 11.5. The van der Waals surface area contributed by atoms with Gasteiger partial charge in [-0.05, 0) is 30.5 Å². The lowest BCUT2D eigenvalue weighted by Gasteiger charge is -2.06. The quantitative estimate of drug-likeness (QED) is 0.724. The van der Waals surface area contributed by atoms with Crippen molar-refractivity contribution in [3.8, 4) is 0 Å². The highest BCUT2D eigenvalue weighted by Crippen LogP contribution is 2.54. The first-order valence-corrected chi connectivity index (χ1v) is 5.36. The summed E-state index contributed by atoms with van der Waals surface area (Å²) in [5.74, 6) is -0.0173. The van der Waals surface area contributed by atoms with Crippen molar-refractivity contribution in [3.05, 3.63) is 29.3 Å². The minimum absolute atomic E-state index is 0.0173. The summed E-state index contributed by atoms with van der Waals surface area (Å²) in [4.78, 5) is 11.5. The van der Waals surface area contributed by atoms with E-state index in [1.54, 1.807) is 7.05 Å². The summed E-state index contributed by atoms with van der Waals surface area (Å²) in [5, 5.41) is 6.03. The SMILES string of the molecule is CNC(=O)c1ccc2c(c1)NCC21CC1. The largest absolute Gasteiger partial charge is 0.384 e. The number of carbonyl (C=O) groups excluding carboxylic acids is 1. The number of fused-ring (bicyclic) bond motifs is 2. The molecular weight excluding hydrogens is 188 g/mol. The fourth-order valence-corrected chi connectivity index (χ4v) is 2.40. The molecule has 1 aromatic carbocycles. The smallest absolute Gasteiger partial charge is 0.251 e. The number of nitrogens with one attached hydrogen (secondary N) is 2. The molecule has 1 fully saturated rings. The van der Waals surface area contributed by atoms with Crippen molar-refractivity contribution < 1.29 is 4.79 Å². The number of anilines is 1. The lowest BCUT2D eigenvalue weighted by atomic mass is 9.97. The Morgan fingerprint density at radius 3 is 2.93 bits per heavy atom. The first-order chi connectivity index (χ1) is 7.25. The van der Waals surface area contributed by atoms with Crippen LogP contribution in [0.1, 0.15) is 28.8 Å². The van der Waals surface area contributed by atoms with Gasteiger partial charge in [0, 0.05) is 30.3 Å². The molecule has 0 saturated heterocycles. The van der Waals surface area contributed by atoms with E-state index in [1.807, 2.05) is 12.1 Å². The van der Waals surface area contributed by atoms with Crippen LogP contribution in [0.5, 0.6) is 0 Å². The van der Waals surface area contributed by atoms with Crippen LogP contribution in [0.4, 0.5) is 5.69 Å². The monoisotopic (exact) mass is 202 g/mol. The van der Waals surface area contributed by atoms with E-state index in [0.717, 1.165) is 17.8 Å². The normalized spacial score (nSPS) is 19.5. The standard InChI is InChI=1S/C12H14N2O/c1-13-11(15)8-2-3-9-10(6-8)14-7-12(9)4-5-12/h2-3,6,14H,4-5,7H2,1H3,(H,13,15). The predicted octanol–water partition coefficient (Wildman–Crippen LogP) is 1.50. The zero-order chi connectivity index (χ0) is 10.5. The summed E-state index contributed by atoms with van der Waals surface area (Å²) in [6, 6.07) is 5.98. The Balaban J connectivity index is 2.02. The Hall–Kier alpha value is -1.51. The van der Waals surface area contributed by atoms with Crippen molar-refractivity contribution in [1.29, 1.82) is 0 Å². The minimum atomic E-state index is -0.0173. The molecule has 1 aliphatic heterocycles. The molecule has 2 N–H and O–H groups in total. The summed E-state index contributed by atoms with van der Waals surface area (Å²) in [5.41, 5.74) is 3.70. The van der Waals surface area contributed by atoms with Gasteiger partial charge in [-0.3, -0.25) is 4.79 Å². The minimum Gasteiger partial charge on any atom is -0.384 e. The van der Waals surface area contributed by atoms with E-state index in [4.69, 9.17) is 0 Å². The van der Waals surface area contributed by atoms with E-state index in [-0.39, 0.29) is 5.91 Å². The molecule has 1 saturated carbocycles. The molecular formula is C12H14N2O. The van der Waals surface area contributed by atoms with Gasteiger partial charge >= 0.3 is 0 Å². The Labute approximate surface area is 88.9 Å². The third kappa shape index (κ3) is 1.16.